The van der Waals surface area contributed by atoms with Crippen molar-refractivity contribution in [2.24, 2.45) is 0 Å². The maximum absolute atomic E-state index is 5.76. The molecule has 1 aliphatic rings. The molecule has 0 aliphatic carbocycles. The Morgan fingerprint density at radius 3 is 2.40 bits per heavy atom. The summed E-state index contributed by atoms with van der Waals surface area (Å²) in [4.78, 5) is 0. The minimum atomic E-state index is 0.188. The summed E-state index contributed by atoms with van der Waals surface area (Å²) < 4.78 is 22.1. The van der Waals surface area contributed by atoms with Gasteiger partial charge in [-0.15, -0.1) is 0 Å². The standard InChI is InChI=1S/C15H23NO4/c1-9(2)16-10-6-7-20-11-8-12(17-3)14(18-4)15(19-5)13(10)11/h8-10,16H,6-7H2,1-5H3. The van der Waals surface area contributed by atoms with Crippen molar-refractivity contribution in [2.75, 3.05) is 27.9 Å². The molecule has 5 heteroatoms. The van der Waals surface area contributed by atoms with E-state index in [9.17, 15) is 0 Å². The molecule has 1 aromatic carbocycles. The van der Waals surface area contributed by atoms with Crippen LogP contribution >= 0.6 is 0 Å². The molecule has 0 bridgehead atoms. The van der Waals surface area contributed by atoms with Crippen LogP contribution in [0.15, 0.2) is 6.07 Å². The number of hydrogen-bond donors (Lipinski definition) is 1. The fraction of sp³-hybridized carbons (Fsp3) is 0.600. The fourth-order valence-electron chi connectivity index (χ4n) is 2.61. The van der Waals surface area contributed by atoms with Crippen LogP contribution in [0.5, 0.6) is 23.0 Å². The third-order valence-electron chi connectivity index (χ3n) is 3.38. The molecule has 1 unspecified atom stereocenters. The summed E-state index contributed by atoms with van der Waals surface area (Å²) in [5.74, 6) is 2.70. The van der Waals surface area contributed by atoms with E-state index in [4.69, 9.17) is 18.9 Å². The van der Waals surface area contributed by atoms with E-state index in [0.29, 0.717) is 29.9 Å². The highest BCUT2D eigenvalue weighted by Gasteiger charge is 2.30. The van der Waals surface area contributed by atoms with Crippen molar-refractivity contribution in [2.45, 2.75) is 32.4 Å². The van der Waals surface area contributed by atoms with Gasteiger partial charge >= 0.3 is 0 Å². The summed E-state index contributed by atoms with van der Waals surface area (Å²) in [5.41, 5.74) is 1.00. The molecule has 0 radical (unpaired) electrons. The molecule has 0 fully saturated rings. The molecule has 0 spiro atoms. The van der Waals surface area contributed by atoms with Gasteiger partial charge in [-0.25, -0.2) is 0 Å². The number of hydrogen-bond acceptors (Lipinski definition) is 5. The first-order chi connectivity index (χ1) is 9.62. The number of fused-ring (bicyclic) bond motifs is 1. The Hall–Kier alpha value is -1.62. The molecule has 0 amide bonds. The predicted octanol–water partition coefficient (Wildman–Crippen LogP) is 2.53. The second-order valence-electron chi connectivity index (χ2n) is 5.07. The summed E-state index contributed by atoms with van der Waals surface area (Å²) in [7, 11) is 4.86. The summed E-state index contributed by atoms with van der Waals surface area (Å²) in [6, 6.07) is 2.43. The zero-order chi connectivity index (χ0) is 14.7. The van der Waals surface area contributed by atoms with Gasteiger partial charge in [-0.3, -0.25) is 0 Å². The molecule has 0 saturated heterocycles. The van der Waals surface area contributed by atoms with Gasteiger partial charge in [0.1, 0.15) is 5.75 Å². The smallest absolute Gasteiger partial charge is 0.203 e. The summed E-state index contributed by atoms with van der Waals surface area (Å²) >= 11 is 0. The second-order valence-corrected chi connectivity index (χ2v) is 5.07. The number of nitrogens with one attached hydrogen (secondary N) is 1. The third kappa shape index (κ3) is 2.63. The van der Waals surface area contributed by atoms with Crippen LogP contribution in [-0.4, -0.2) is 34.0 Å². The Bertz CT molecular complexity index is 473. The van der Waals surface area contributed by atoms with Crippen LogP contribution in [0.25, 0.3) is 0 Å². The molecule has 1 heterocycles. The summed E-state index contributed by atoms with van der Waals surface area (Å²) in [6.07, 6.45) is 0.900. The topological polar surface area (TPSA) is 49.0 Å². The third-order valence-corrected chi connectivity index (χ3v) is 3.38. The van der Waals surface area contributed by atoms with E-state index in [2.05, 4.69) is 19.2 Å². The Labute approximate surface area is 120 Å². The van der Waals surface area contributed by atoms with E-state index in [1.165, 1.54) is 0 Å². The van der Waals surface area contributed by atoms with Crippen molar-refractivity contribution < 1.29 is 18.9 Å². The Balaban J connectivity index is 2.55. The lowest BCUT2D eigenvalue weighted by Crippen LogP contribution is -2.32. The zero-order valence-corrected chi connectivity index (χ0v) is 12.8. The average molecular weight is 281 g/mol. The number of ether oxygens (including phenoxy) is 4. The lowest BCUT2D eigenvalue weighted by molar-refractivity contribution is 0.234. The fourth-order valence-corrected chi connectivity index (χ4v) is 2.61. The van der Waals surface area contributed by atoms with Crippen molar-refractivity contribution >= 4 is 0 Å². The molecule has 20 heavy (non-hydrogen) atoms. The van der Waals surface area contributed by atoms with Gasteiger partial charge in [0.25, 0.3) is 0 Å². The van der Waals surface area contributed by atoms with Gasteiger partial charge in [-0.05, 0) is 0 Å². The van der Waals surface area contributed by atoms with Crippen LogP contribution in [0.1, 0.15) is 31.9 Å². The molecular weight excluding hydrogens is 258 g/mol. The first-order valence-electron chi connectivity index (χ1n) is 6.84. The molecule has 0 saturated carbocycles. The Morgan fingerprint density at radius 2 is 1.85 bits per heavy atom. The van der Waals surface area contributed by atoms with Crippen LogP contribution in [0, 0.1) is 0 Å². The van der Waals surface area contributed by atoms with E-state index in [1.807, 2.05) is 6.07 Å². The number of benzene rings is 1. The lowest BCUT2D eigenvalue weighted by Gasteiger charge is -2.31. The highest BCUT2D eigenvalue weighted by molar-refractivity contribution is 5.63. The second kappa shape index (κ2) is 6.22. The minimum absolute atomic E-state index is 0.188. The molecule has 112 valence electrons. The SMILES string of the molecule is COc1cc2c(c(OC)c1OC)C(NC(C)C)CCO2. The first-order valence-corrected chi connectivity index (χ1v) is 6.84. The average Bonchev–Trinajstić information content (AvgIpc) is 2.44. The maximum Gasteiger partial charge on any atom is 0.203 e. The predicted molar refractivity (Wildman–Crippen MR) is 77.2 cm³/mol. The molecule has 1 atom stereocenters. The van der Waals surface area contributed by atoms with Gasteiger partial charge in [-0.2, -0.15) is 0 Å². The quantitative estimate of drug-likeness (QED) is 0.898. The molecule has 1 aliphatic heterocycles. The van der Waals surface area contributed by atoms with Crippen LogP contribution < -0.4 is 24.3 Å². The van der Waals surface area contributed by atoms with Gasteiger partial charge in [0.2, 0.25) is 5.75 Å². The van der Waals surface area contributed by atoms with Crippen molar-refractivity contribution in [3.8, 4) is 23.0 Å². The zero-order valence-electron chi connectivity index (χ0n) is 12.8. The van der Waals surface area contributed by atoms with E-state index < -0.39 is 0 Å². The Morgan fingerprint density at radius 1 is 1.15 bits per heavy atom. The molecule has 2 rings (SSSR count). The van der Waals surface area contributed by atoms with Crippen LogP contribution in [0.2, 0.25) is 0 Å². The molecule has 0 aromatic heterocycles. The number of methoxy groups -OCH3 is 3. The first kappa shape index (κ1) is 14.8. The van der Waals surface area contributed by atoms with Crippen LogP contribution in [0.4, 0.5) is 0 Å². The van der Waals surface area contributed by atoms with E-state index in [-0.39, 0.29) is 6.04 Å². The Kier molecular flexibility index (Phi) is 4.60. The van der Waals surface area contributed by atoms with Crippen molar-refractivity contribution in [3.05, 3.63) is 11.6 Å². The number of rotatable bonds is 5. The van der Waals surface area contributed by atoms with Gasteiger partial charge in [0.15, 0.2) is 11.5 Å². The van der Waals surface area contributed by atoms with Crippen molar-refractivity contribution in [3.63, 3.8) is 0 Å². The molecular formula is C15H23NO4. The lowest BCUT2D eigenvalue weighted by atomic mass is 9.97. The van der Waals surface area contributed by atoms with Gasteiger partial charge in [0, 0.05) is 24.6 Å². The van der Waals surface area contributed by atoms with Crippen molar-refractivity contribution in [1.82, 2.24) is 5.32 Å². The largest absolute Gasteiger partial charge is 0.493 e. The van der Waals surface area contributed by atoms with Crippen molar-refractivity contribution in [1.29, 1.82) is 0 Å². The highest BCUT2D eigenvalue weighted by Crippen LogP contribution is 2.49. The van der Waals surface area contributed by atoms with E-state index in [1.54, 1.807) is 21.3 Å². The van der Waals surface area contributed by atoms with Crippen LogP contribution in [0.3, 0.4) is 0 Å². The molecule has 1 N–H and O–H groups in total. The summed E-state index contributed by atoms with van der Waals surface area (Å²) in [6.45, 7) is 4.93. The highest BCUT2D eigenvalue weighted by atomic mass is 16.5. The van der Waals surface area contributed by atoms with Gasteiger partial charge in [0.05, 0.1) is 33.5 Å². The van der Waals surface area contributed by atoms with E-state index >= 15 is 0 Å². The maximum atomic E-state index is 5.76. The van der Waals surface area contributed by atoms with E-state index in [0.717, 1.165) is 17.7 Å². The molecule has 5 nitrogen and oxygen atoms in total. The minimum Gasteiger partial charge on any atom is -0.493 e. The normalized spacial score (nSPS) is 17.4. The monoisotopic (exact) mass is 281 g/mol. The van der Waals surface area contributed by atoms with Crippen LogP contribution in [-0.2, 0) is 0 Å². The summed E-state index contributed by atoms with van der Waals surface area (Å²) in [5, 5.41) is 3.55. The van der Waals surface area contributed by atoms with Gasteiger partial charge in [-0.1, -0.05) is 13.8 Å². The van der Waals surface area contributed by atoms with Gasteiger partial charge < -0.3 is 24.3 Å². The molecule has 1 aromatic rings.